The molecule has 3 aromatic carbocycles. The van der Waals surface area contributed by atoms with Crippen molar-refractivity contribution in [2.45, 2.75) is 10.2 Å². The van der Waals surface area contributed by atoms with E-state index in [0.717, 1.165) is 33.2 Å². The minimum absolute atomic E-state index is 0.0192. The third-order valence-electron chi connectivity index (χ3n) is 5.68. The van der Waals surface area contributed by atoms with E-state index in [1.54, 1.807) is 30.1 Å². The van der Waals surface area contributed by atoms with Crippen LogP contribution in [0.3, 0.4) is 0 Å². The number of hydrogen-bond acceptors (Lipinski definition) is 8. The van der Waals surface area contributed by atoms with Gasteiger partial charge in [0.15, 0.2) is 5.82 Å². The monoisotopic (exact) mass is 495 g/mol. The second kappa shape index (κ2) is 8.78. The first kappa shape index (κ1) is 21.7. The second-order valence-corrected chi connectivity index (χ2v) is 8.77. The van der Waals surface area contributed by atoms with Gasteiger partial charge in [0.1, 0.15) is 16.5 Å². The number of para-hydroxylation sites is 1. The molecule has 0 saturated carbocycles. The minimum Gasteiger partial charge on any atom is -0.497 e. The van der Waals surface area contributed by atoms with Crippen LogP contribution in [0.15, 0.2) is 94.1 Å². The fourth-order valence-corrected chi connectivity index (χ4v) is 4.85. The van der Waals surface area contributed by atoms with E-state index in [1.807, 2.05) is 59.3 Å². The van der Waals surface area contributed by atoms with Crippen LogP contribution in [-0.2, 0) is 0 Å². The molecule has 0 atom stereocenters. The number of rotatable bonds is 5. The second-order valence-electron chi connectivity index (χ2n) is 7.81. The van der Waals surface area contributed by atoms with Crippen LogP contribution in [0.2, 0.25) is 0 Å². The number of nitro groups is 1. The zero-order valence-electron chi connectivity index (χ0n) is 18.8. The van der Waals surface area contributed by atoms with Crippen LogP contribution in [0.4, 0.5) is 5.69 Å². The first-order chi connectivity index (χ1) is 17.6. The van der Waals surface area contributed by atoms with Gasteiger partial charge in [-0.25, -0.2) is 4.68 Å². The van der Waals surface area contributed by atoms with Crippen molar-refractivity contribution in [3.8, 4) is 34.1 Å². The number of aromatic nitrogens is 5. The molecule has 11 heteroatoms. The van der Waals surface area contributed by atoms with Gasteiger partial charge in [-0.2, -0.15) is 14.9 Å². The summed E-state index contributed by atoms with van der Waals surface area (Å²) in [7, 11) is 1.62. The summed E-state index contributed by atoms with van der Waals surface area (Å²) >= 11 is 1.40. The Morgan fingerprint density at radius 2 is 1.64 bits per heavy atom. The number of fused-ring (bicyclic) bond motifs is 2. The Morgan fingerprint density at radius 3 is 2.33 bits per heavy atom. The van der Waals surface area contributed by atoms with E-state index in [4.69, 9.17) is 14.9 Å². The lowest BCUT2D eigenvalue weighted by Gasteiger charge is -2.06. The molecule has 3 heterocycles. The Balaban J connectivity index is 1.49. The van der Waals surface area contributed by atoms with Crippen LogP contribution >= 0.6 is 11.8 Å². The third-order valence-corrected chi connectivity index (χ3v) is 6.70. The smallest absolute Gasteiger partial charge is 0.269 e. The van der Waals surface area contributed by atoms with Crippen molar-refractivity contribution in [1.29, 1.82) is 0 Å². The van der Waals surface area contributed by atoms with E-state index in [9.17, 15) is 10.1 Å². The Labute approximate surface area is 209 Å². The Hall–Kier alpha value is -4.77. The van der Waals surface area contributed by atoms with Crippen molar-refractivity contribution in [2.24, 2.45) is 5.10 Å². The van der Waals surface area contributed by atoms with Crippen molar-refractivity contribution >= 4 is 23.7 Å². The van der Waals surface area contributed by atoms with Gasteiger partial charge in [0.25, 0.3) is 5.69 Å². The minimum atomic E-state index is -0.420. The van der Waals surface area contributed by atoms with E-state index >= 15 is 0 Å². The largest absolute Gasteiger partial charge is 0.497 e. The molecule has 5 aromatic rings. The average Bonchev–Trinajstić information content (AvgIpc) is 3.44. The summed E-state index contributed by atoms with van der Waals surface area (Å²) < 4.78 is 8.79. The van der Waals surface area contributed by atoms with Gasteiger partial charge >= 0.3 is 0 Å². The maximum atomic E-state index is 11.1. The van der Waals surface area contributed by atoms with Crippen molar-refractivity contribution in [1.82, 2.24) is 24.7 Å². The quantitative estimate of drug-likeness (QED) is 0.243. The fraction of sp³-hybridized carbons (Fsp3) is 0.0400. The van der Waals surface area contributed by atoms with Crippen molar-refractivity contribution in [3.63, 3.8) is 0 Å². The number of benzene rings is 3. The highest BCUT2D eigenvalue weighted by Crippen LogP contribution is 2.39. The van der Waals surface area contributed by atoms with Gasteiger partial charge in [-0.1, -0.05) is 18.2 Å². The van der Waals surface area contributed by atoms with Crippen LogP contribution in [0.1, 0.15) is 5.56 Å². The zero-order chi connectivity index (χ0) is 24.6. The highest BCUT2D eigenvalue weighted by Gasteiger charge is 2.26. The fourth-order valence-electron chi connectivity index (χ4n) is 3.88. The SMILES string of the molecule is COc1ccc(-c2nnc3n2N=Cc2c(-c4ccc([N+](=O)[O-])cc4)nn(-c4ccccc4)c2S3)cc1. The molecule has 0 fully saturated rings. The maximum absolute atomic E-state index is 11.1. The molecule has 0 bridgehead atoms. The summed E-state index contributed by atoms with van der Waals surface area (Å²) in [6, 6.07) is 23.6. The highest BCUT2D eigenvalue weighted by atomic mass is 32.2. The van der Waals surface area contributed by atoms with E-state index < -0.39 is 4.92 Å². The molecule has 10 nitrogen and oxygen atoms in total. The number of nitro benzene ring substituents is 1. The van der Waals surface area contributed by atoms with Gasteiger partial charge in [-0.3, -0.25) is 10.1 Å². The Bertz CT molecular complexity index is 1610. The molecule has 0 radical (unpaired) electrons. The maximum Gasteiger partial charge on any atom is 0.269 e. The first-order valence-corrected chi connectivity index (χ1v) is 11.7. The van der Waals surface area contributed by atoms with Gasteiger partial charge in [-0.15, -0.1) is 10.2 Å². The summed E-state index contributed by atoms with van der Waals surface area (Å²) in [4.78, 5) is 10.7. The normalized spacial score (nSPS) is 12.0. The first-order valence-electron chi connectivity index (χ1n) is 10.9. The van der Waals surface area contributed by atoms with Gasteiger partial charge in [0.05, 0.1) is 29.5 Å². The molecule has 0 N–H and O–H groups in total. The van der Waals surface area contributed by atoms with E-state index in [1.165, 1.54) is 23.9 Å². The standard InChI is InChI=1S/C25H17N7O3S/c1-35-20-13-9-17(10-14-20)23-27-28-25-31(23)26-15-21-22(16-7-11-19(12-8-16)32(33)34)29-30(24(21)36-25)18-5-3-2-4-6-18/h2-15H,1H3. The van der Waals surface area contributed by atoms with E-state index in [0.29, 0.717) is 16.7 Å². The molecule has 176 valence electrons. The molecule has 0 saturated heterocycles. The summed E-state index contributed by atoms with van der Waals surface area (Å²) in [5.74, 6) is 1.34. The summed E-state index contributed by atoms with van der Waals surface area (Å²) in [6.07, 6.45) is 1.73. The van der Waals surface area contributed by atoms with E-state index in [2.05, 4.69) is 10.2 Å². The van der Waals surface area contributed by atoms with Crippen molar-refractivity contribution < 1.29 is 9.66 Å². The number of methoxy groups -OCH3 is 1. The van der Waals surface area contributed by atoms with Crippen LogP contribution in [-0.4, -0.2) is 42.9 Å². The molecule has 0 unspecified atom stereocenters. The number of non-ortho nitro benzene ring substituents is 1. The van der Waals surface area contributed by atoms with Crippen molar-refractivity contribution in [2.75, 3.05) is 7.11 Å². The summed E-state index contributed by atoms with van der Waals surface area (Å²) in [5, 5.41) is 30.9. The van der Waals surface area contributed by atoms with Crippen LogP contribution in [0.25, 0.3) is 28.3 Å². The van der Waals surface area contributed by atoms with Crippen LogP contribution < -0.4 is 4.74 Å². The van der Waals surface area contributed by atoms with Crippen molar-refractivity contribution in [3.05, 3.63) is 94.5 Å². The number of hydrogen-bond donors (Lipinski definition) is 0. The molecule has 0 amide bonds. The lowest BCUT2D eigenvalue weighted by molar-refractivity contribution is -0.384. The molecule has 36 heavy (non-hydrogen) atoms. The summed E-state index contributed by atoms with van der Waals surface area (Å²) in [6.45, 7) is 0. The average molecular weight is 496 g/mol. The molecule has 0 spiro atoms. The van der Waals surface area contributed by atoms with Gasteiger partial charge in [0, 0.05) is 23.3 Å². The molecule has 1 aliphatic heterocycles. The van der Waals surface area contributed by atoms with E-state index in [-0.39, 0.29) is 5.69 Å². The molecule has 0 aliphatic carbocycles. The number of ether oxygens (including phenoxy) is 1. The third kappa shape index (κ3) is 3.71. The lowest BCUT2D eigenvalue weighted by Crippen LogP contribution is -1.99. The molecule has 1 aliphatic rings. The van der Waals surface area contributed by atoms with Gasteiger partial charge in [0.2, 0.25) is 5.16 Å². The zero-order valence-corrected chi connectivity index (χ0v) is 19.7. The molecule has 6 rings (SSSR count). The Morgan fingerprint density at radius 1 is 0.917 bits per heavy atom. The predicted octanol–water partition coefficient (Wildman–Crippen LogP) is 5.06. The lowest BCUT2D eigenvalue weighted by atomic mass is 10.1. The molecular weight excluding hydrogens is 478 g/mol. The van der Waals surface area contributed by atoms with Gasteiger partial charge < -0.3 is 4.74 Å². The predicted molar refractivity (Wildman–Crippen MR) is 135 cm³/mol. The van der Waals surface area contributed by atoms with Crippen LogP contribution in [0, 0.1) is 10.1 Å². The Kier molecular flexibility index (Phi) is 5.30. The number of nitrogens with zero attached hydrogens (tertiary/aromatic N) is 7. The highest BCUT2D eigenvalue weighted by molar-refractivity contribution is 7.99. The topological polar surface area (TPSA) is 113 Å². The van der Waals surface area contributed by atoms with Crippen LogP contribution in [0.5, 0.6) is 5.75 Å². The summed E-state index contributed by atoms with van der Waals surface area (Å²) in [5.41, 5.74) is 3.91. The molecular formula is C25H17N7O3S. The molecule has 2 aromatic heterocycles. The van der Waals surface area contributed by atoms with Gasteiger partial charge in [-0.05, 0) is 60.3 Å².